The summed E-state index contributed by atoms with van der Waals surface area (Å²) in [5.74, 6) is -1.86. The van der Waals surface area contributed by atoms with Gasteiger partial charge in [-0.3, -0.25) is 4.79 Å². The summed E-state index contributed by atoms with van der Waals surface area (Å²) >= 11 is 0. The molecule has 3 heterocycles. The SMILES string of the molecule is CCOC[C@@H](Nc1nc(Nc2cnc(OC)c(-n3nccn3)c2)c(C(N)=O)cc1F)[C@H](C)NC(=O)O. The Bertz CT molecular complexity index is 1210. The molecule has 3 aromatic rings. The lowest BCUT2D eigenvalue weighted by Gasteiger charge is -2.26. The Morgan fingerprint density at radius 1 is 1.25 bits per heavy atom. The third kappa shape index (κ3) is 6.32. The molecule has 0 spiro atoms. The Balaban J connectivity index is 1.97. The normalized spacial score (nSPS) is 12.4. The van der Waals surface area contributed by atoms with Crippen molar-refractivity contribution in [3.63, 3.8) is 0 Å². The van der Waals surface area contributed by atoms with Crippen LogP contribution in [0.4, 0.5) is 26.5 Å². The van der Waals surface area contributed by atoms with E-state index in [0.29, 0.717) is 18.0 Å². The largest absolute Gasteiger partial charge is 0.479 e. The van der Waals surface area contributed by atoms with Crippen LogP contribution in [-0.4, -0.2) is 74.5 Å². The molecular weight excluding hydrogens is 477 g/mol. The predicted molar refractivity (Wildman–Crippen MR) is 126 cm³/mol. The number of carbonyl (C=O) groups is 2. The van der Waals surface area contributed by atoms with Gasteiger partial charge in [0.1, 0.15) is 11.5 Å². The van der Waals surface area contributed by atoms with Gasteiger partial charge >= 0.3 is 6.09 Å². The third-order valence-corrected chi connectivity index (χ3v) is 4.94. The highest BCUT2D eigenvalue weighted by atomic mass is 19.1. The topological polar surface area (TPSA) is 191 Å². The summed E-state index contributed by atoms with van der Waals surface area (Å²) in [6.07, 6.45) is 3.11. The number of nitrogens with one attached hydrogen (secondary N) is 3. The number of methoxy groups -OCH3 is 1. The minimum Gasteiger partial charge on any atom is -0.479 e. The average Bonchev–Trinajstić information content (AvgIpc) is 3.37. The predicted octanol–water partition coefficient (Wildman–Crippen LogP) is 1.52. The summed E-state index contributed by atoms with van der Waals surface area (Å²) in [7, 11) is 1.44. The van der Waals surface area contributed by atoms with E-state index < -0.39 is 29.9 Å². The molecule has 36 heavy (non-hydrogen) atoms. The second-order valence-electron chi connectivity index (χ2n) is 7.42. The Kier molecular flexibility index (Phi) is 8.51. The molecule has 0 aliphatic heterocycles. The monoisotopic (exact) mass is 503 g/mol. The summed E-state index contributed by atoms with van der Waals surface area (Å²) in [5, 5.41) is 25.2. The molecule has 0 aliphatic carbocycles. The number of carbonyl (C=O) groups excluding carboxylic acids is 1. The summed E-state index contributed by atoms with van der Waals surface area (Å²) in [6, 6.07) is 1.17. The first-order valence-electron chi connectivity index (χ1n) is 10.7. The number of carboxylic acid groups (broad SMARTS) is 1. The quantitative estimate of drug-likeness (QED) is 0.241. The zero-order valence-corrected chi connectivity index (χ0v) is 19.7. The van der Waals surface area contributed by atoms with E-state index in [9.17, 15) is 14.0 Å². The van der Waals surface area contributed by atoms with Crippen molar-refractivity contribution in [2.24, 2.45) is 5.73 Å². The lowest BCUT2D eigenvalue weighted by atomic mass is 10.1. The number of aromatic nitrogens is 5. The van der Waals surface area contributed by atoms with Crippen LogP contribution in [0.5, 0.6) is 5.88 Å². The molecule has 0 saturated carbocycles. The van der Waals surface area contributed by atoms with Crippen molar-refractivity contribution in [3.05, 3.63) is 42.1 Å². The number of hydrogen-bond acceptors (Lipinski definition) is 10. The highest BCUT2D eigenvalue weighted by Gasteiger charge is 2.23. The maximum atomic E-state index is 14.9. The maximum Gasteiger partial charge on any atom is 0.404 e. The molecule has 2 amide bonds. The molecule has 3 rings (SSSR count). The molecular formula is C21H26FN9O5. The van der Waals surface area contributed by atoms with E-state index in [1.807, 2.05) is 0 Å². The number of ether oxygens (including phenoxy) is 2. The molecule has 192 valence electrons. The van der Waals surface area contributed by atoms with Crippen molar-refractivity contribution in [2.45, 2.75) is 25.9 Å². The van der Waals surface area contributed by atoms with Gasteiger partial charge in [-0.05, 0) is 26.0 Å². The molecule has 15 heteroatoms. The Labute approximate surface area is 205 Å². The molecule has 14 nitrogen and oxygen atoms in total. The zero-order chi connectivity index (χ0) is 26.2. The molecule has 2 atom stereocenters. The summed E-state index contributed by atoms with van der Waals surface area (Å²) in [6.45, 7) is 3.78. The van der Waals surface area contributed by atoms with Crippen molar-refractivity contribution in [1.29, 1.82) is 0 Å². The Morgan fingerprint density at radius 3 is 2.58 bits per heavy atom. The Hall–Kier alpha value is -4.53. The number of halogens is 1. The van der Waals surface area contributed by atoms with Crippen molar-refractivity contribution in [2.75, 3.05) is 31.0 Å². The molecule has 0 bridgehead atoms. The lowest BCUT2D eigenvalue weighted by molar-refractivity contribution is 0.1000. The van der Waals surface area contributed by atoms with E-state index in [2.05, 4.69) is 36.1 Å². The van der Waals surface area contributed by atoms with E-state index in [0.717, 1.165) is 6.07 Å². The highest BCUT2D eigenvalue weighted by molar-refractivity contribution is 5.98. The van der Waals surface area contributed by atoms with Gasteiger partial charge in [0.2, 0.25) is 5.88 Å². The second kappa shape index (κ2) is 11.7. The van der Waals surface area contributed by atoms with Crippen LogP contribution in [0.25, 0.3) is 5.69 Å². The number of rotatable bonds is 12. The average molecular weight is 503 g/mol. The van der Waals surface area contributed by atoms with Gasteiger partial charge in [0, 0.05) is 6.61 Å². The number of nitrogens with two attached hydrogens (primary N) is 1. The maximum absolute atomic E-state index is 14.9. The zero-order valence-electron chi connectivity index (χ0n) is 19.7. The van der Waals surface area contributed by atoms with Gasteiger partial charge in [0.05, 0.1) is 55.6 Å². The smallest absolute Gasteiger partial charge is 0.404 e. The van der Waals surface area contributed by atoms with Crippen LogP contribution in [0.15, 0.2) is 30.7 Å². The van der Waals surface area contributed by atoms with E-state index >= 15 is 0 Å². The number of anilines is 3. The fourth-order valence-electron chi connectivity index (χ4n) is 3.19. The summed E-state index contributed by atoms with van der Waals surface area (Å²) in [4.78, 5) is 32.8. The van der Waals surface area contributed by atoms with Gasteiger partial charge in [-0.1, -0.05) is 0 Å². The molecule has 0 aromatic carbocycles. The molecule has 3 aromatic heterocycles. The van der Waals surface area contributed by atoms with Crippen LogP contribution >= 0.6 is 0 Å². The molecule has 0 aliphatic rings. The van der Waals surface area contributed by atoms with E-state index in [1.165, 1.54) is 30.5 Å². The molecule has 0 fully saturated rings. The van der Waals surface area contributed by atoms with Crippen LogP contribution in [0, 0.1) is 5.82 Å². The fourth-order valence-corrected chi connectivity index (χ4v) is 3.19. The first-order valence-corrected chi connectivity index (χ1v) is 10.7. The number of amides is 2. The molecule has 0 radical (unpaired) electrons. The van der Waals surface area contributed by atoms with Crippen LogP contribution in [-0.2, 0) is 4.74 Å². The first-order chi connectivity index (χ1) is 17.2. The fraction of sp³-hybridized carbons (Fsp3) is 0.333. The van der Waals surface area contributed by atoms with Crippen molar-refractivity contribution in [3.8, 4) is 11.6 Å². The standard InChI is InChI=1S/C21H26FN9O5/c1-4-36-10-15(11(2)27-21(33)34)29-19-14(22)8-13(17(23)32)18(30-19)28-12-7-16(20(35-3)24-9-12)31-25-5-6-26-31/h5-9,11,15,27H,4,10H2,1-3H3,(H2,23,32)(H,33,34)(H2,28,29,30)/t11-,15+/m0/s1. The van der Waals surface area contributed by atoms with Crippen molar-refractivity contribution < 1.29 is 28.6 Å². The van der Waals surface area contributed by atoms with Gasteiger partial charge in [0.15, 0.2) is 11.6 Å². The van der Waals surface area contributed by atoms with Crippen molar-refractivity contribution in [1.82, 2.24) is 30.3 Å². The molecule has 0 saturated heterocycles. The van der Waals surface area contributed by atoms with Gasteiger partial charge in [-0.2, -0.15) is 10.2 Å². The minimum absolute atomic E-state index is 0.0576. The van der Waals surface area contributed by atoms with Gasteiger partial charge < -0.3 is 36.3 Å². The lowest BCUT2D eigenvalue weighted by Crippen LogP contribution is -2.47. The molecule has 6 N–H and O–H groups in total. The number of hydrogen-bond donors (Lipinski definition) is 5. The van der Waals surface area contributed by atoms with Crippen LogP contribution in [0.1, 0.15) is 24.2 Å². The Morgan fingerprint density at radius 2 is 1.97 bits per heavy atom. The van der Waals surface area contributed by atoms with Gasteiger partial charge in [-0.25, -0.2) is 19.2 Å². The summed E-state index contributed by atoms with van der Waals surface area (Å²) in [5.41, 5.74) is 5.97. The third-order valence-electron chi connectivity index (χ3n) is 4.94. The minimum atomic E-state index is -1.25. The number of nitrogens with zero attached hydrogens (tertiary/aromatic N) is 5. The van der Waals surface area contributed by atoms with Gasteiger partial charge in [-0.15, -0.1) is 4.80 Å². The van der Waals surface area contributed by atoms with E-state index in [-0.39, 0.29) is 29.7 Å². The van der Waals surface area contributed by atoms with Crippen molar-refractivity contribution >= 4 is 29.3 Å². The second-order valence-corrected chi connectivity index (χ2v) is 7.42. The van der Waals surface area contributed by atoms with Crippen LogP contribution in [0.2, 0.25) is 0 Å². The molecule has 0 unspecified atom stereocenters. The van der Waals surface area contributed by atoms with Crippen LogP contribution < -0.4 is 26.4 Å². The van der Waals surface area contributed by atoms with Gasteiger partial charge in [0.25, 0.3) is 5.91 Å². The number of pyridine rings is 2. The first kappa shape index (κ1) is 26.1. The van der Waals surface area contributed by atoms with Crippen LogP contribution in [0.3, 0.4) is 0 Å². The highest BCUT2D eigenvalue weighted by Crippen LogP contribution is 2.27. The van der Waals surface area contributed by atoms with E-state index in [4.69, 9.17) is 20.3 Å². The number of primary amides is 1. The summed E-state index contributed by atoms with van der Waals surface area (Å²) < 4.78 is 25.5. The van der Waals surface area contributed by atoms with E-state index in [1.54, 1.807) is 19.9 Å².